The summed E-state index contributed by atoms with van der Waals surface area (Å²) in [6.07, 6.45) is -0.468. The van der Waals surface area contributed by atoms with E-state index in [1.54, 1.807) is 11.9 Å². The van der Waals surface area contributed by atoms with Crippen LogP contribution in [0.15, 0.2) is 29.3 Å². The molecule has 2 aliphatic rings. The number of fused-ring (bicyclic) bond motifs is 1. The molecule has 3 unspecified atom stereocenters. The van der Waals surface area contributed by atoms with Gasteiger partial charge < -0.3 is 25.0 Å². The van der Waals surface area contributed by atoms with Gasteiger partial charge in [0.2, 0.25) is 0 Å². The first kappa shape index (κ1) is 19.9. The van der Waals surface area contributed by atoms with Gasteiger partial charge in [0.25, 0.3) is 5.91 Å². The van der Waals surface area contributed by atoms with Crippen molar-refractivity contribution in [2.24, 2.45) is 4.99 Å². The number of nitrogens with zero attached hydrogens (tertiary/aromatic N) is 3. The van der Waals surface area contributed by atoms with Crippen LogP contribution in [0.25, 0.3) is 0 Å². The van der Waals surface area contributed by atoms with E-state index in [-0.39, 0.29) is 13.2 Å². The summed E-state index contributed by atoms with van der Waals surface area (Å²) in [4.78, 5) is 31.8. The maximum atomic E-state index is 12.4. The highest BCUT2D eigenvalue weighted by Gasteiger charge is 2.50. The number of aliphatic hydroxyl groups is 1. The highest BCUT2D eigenvalue weighted by atomic mass is 16.5. The minimum Gasteiger partial charge on any atom is -0.491 e. The maximum absolute atomic E-state index is 12.4. The fourth-order valence-electron chi connectivity index (χ4n) is 3.40. The number of aryl methyl sites for hydroxylation is 1. The van der Waals surface area contributed by atoms with Crippen molar-refractivity contribution in [3.63, 3.8) is 0 Å². The Morgan fingerprint density at radius 3 is 2.82 bits per heavy atom. The number of carbonyl (C=O) groups is 2. The lowest BCUT2D eigenvalue weighted by atomic mass is 10.1. The second-order valence-electron chi connectivity index (χ2n) is 6.86. The number of nitrogens with one attached hydrogen (secondary N) is 2. The van der Waals surface area contributed by atoms with E-state index in [2.05, 4.69) is 22.5 Å². The number of aliphatic hydroxyl groups excluding tert-OH is 1. The van der Waals surface area contributed by atoms with Gasteiger partial charge in [0.05, 0.1) is 6.54 Å². The van der Waals surface area contributed by atoms with E-state index in [4.69, 9.17) is 4.74 Å². The fourth-order valence-corrected chi connectivity index (χ4v) is 3.40. The van der Waals surface area contributed by atoms with E-state index in [1.807, 2.05) is 31.2 Å². The molecule has 3 rings (SSSR count). The van der Waals surface area contributed by atoms with E-state index < -0.39 is 30.2 Å². The number of amides is 3. The van der Waals surface area contributed by atoms with Crippen LogP contribution >= 0.6 is 0 Å². The van der Waals surface area contributed by atoms with Gasteiger partial charge in [-0.05, 0) is 31.0 Å². The monoisotopic (exact) mass is 389 g/mol. The molecule has 152 valence electrons. The van der Waals surface area contributed by atoms with Gasteiger partial charge in [0.15, 0.2) is 12.0 Å². The molecule has 1 aromatic rings. The Labute approximate surface area is 164 Å². The molecule has 2 saturated heterocycles. The first-order valence-corrected chi connectivity index (χ1v) is 9.49. The van der Waals surface area contributed by atoms with Gasteiger partial charge >= 0.3 is 6.03 Å². The van der Waals surface area contributed by atoms with Crippen molar-refractivity contribution in [2.45, 2.75) is 38.6 Å². The Bertz CT molecular complexity index is 768. The van der Waals surface area contributed by atoms with Gasteiger partial charge in [-0.3, -0.25) is 15.1 Å². The highest BCUT2D eigenvalue weighted by molar-refractivity contribution is 6.04. The maximum Gasteiger partial charge on any atom is 0.325 e. The molecule has 2 aliphatic heterocycles. The summed E-state index contributed by atoms with van der Waals surface area (Å²) in [5.74, 6) is 0.769. The van der Waals surface area contributed by atoms with Crippen LogP contribution in [0.5, 0.6) is 5.75 Å². The first-order chi connectivity index (χ1) is 13.4. The van der Waals surface area contributed by atoms with Gasteiger partial charge in [-0.1, -0.05) is 19.1 Å². The molecule has 0 aliphatic carbocycles. The Balaban J connectivity index is 1.68. The summed E-state index contributed by atoms with van der Waals surface area (Å²) < 4.78 is 5.71. The highest BCUT2D eigenvalue weighted by Crippen LogP contribution is 2.21. The number of hydrogen-bond donors (Lipinski definition) is 3. The molecule has 9 nitrogen and oxygen atoms in total. The number of urea groups is 1. The summed E-state index contributed by atoms with van der Waals surface area (Å²) in [5, 5.41) is 16.0. The SMILES string of the molecule is CCN=C1NC2C(C(=O)NC(=O)N2C)N1CC(O)COc1cccc(CC)c1. The van der Waals surface area contributed by atoms with Crippen molar-refractivity contribution in [3.8, 4) is 5.75 Å². The Morgan fingerprint density at radius 2 is 2.11 bits per heavy atom. The quantitative estimate of drug-likeness (QED) is 0.613. The molecule has 3 atom stereocenters. The summed E-state index contributed by atoms with van der Waals surface area (Å²) >= 11 is 0. The number of guanidine groups is 1. The molecule has 0 aromatic heterocycles. The molecule has 0 bridgehead atoms. The van der Waals surface area contributed by atoms with Crippen LogP contribution in [0.4, 0.5) is 4.79 Å². The minimum atomic E-state index is -0.844. The van der Waals surface area contributed by atoms with Gasteiger partial charge in [0.1, 0.15) is 24.6 Å². The number of rotatable bonds is 7. The van der Waals surface area contributed by atoms with Crippen LogP contribution in [-0.4, -0.2) is 77.9 Å². The number of β-amino-alcohol motifs (C(OH)–C–C–N with tert-alkyl or cyclic N) is 1. The lowest BCUT2D eigenvalue weighted by molar-refractivity contribution is -0.127. The molecular weight excluding hydrogens is 362 g/mol. The number of aliphatic imine (C=N–C) groups is 1. The summed E-state index contributed by atoms with van der Waals surface area (Å²) in [5.41, 5.74) is 1.16. The zero-order chi connectivity index (χ0) is 20.3. The van der Waals surface area contributed by atoms with Crippen molar-refractivity contribution in [1.82, 2.24) is 20.4 Å². The molecule has 28 heavy (non-hydrogen) atoms. The van der Waals surface area contributed by atoms with E-state index in [9.17, 15) is 14.7 Å². The molecule has 2 heterocycles. The van der Waals surface area contributed by atoms with Gasteiger partial charge in [0, 0.05) is 13.6 Å². The molecular formula is C19H27N5O4. The minimum absolute atomic E-state index is 0.0802. The fraction of sp³-hybridized carbons (Fsp3) is 0.526. The van der Waals surface area contributed by atoms with Crippen molar-refractivity contribution >= 4 is 17.9 Å². The van der Waals surface area contributed by atoms with Crippen molar-refractivity contribution in [2.75, 3.05) is 26.7 Å². The van der Waals surface area contributed by atoms with Crippen molar-refractivity contribution < 1.29 is 19.4 Å². The lowest BCUT2D eigenvalue weighted by Gasteiger charge is -2.35. The third-order valence-corrected chi connectivity index (χ3v) is 4.88. The first-order valence-electron chi connectivity index (χ1n) is 9.49. The molecule has 2 fully saturated rings. The smallest absolute Gasteiger partial charge is 0.325 e. The van der Waals surface area contributed by atoms with Crippen LogP contribution in [-0.2, 0) is 11.2 Å². The summed E-state index contributed by atoms with van der Waals surface area (Å²) in [6, 6.07) is 6.60. The predicted molar refractivity (Wildman–Crippen MR) is 104 cm³/mol. The molecule has 3 amide bonds. The number of ether oxygens (including phenoxy) is 1. The molecule has 1 aromatic carbocycles. The van der Waals surface area contributed by atoms with Crippen LogP contribution in [0.2, 0.25) is 0 Å². The zero-order valence-corrected chi connectivity index (χ0v) is 16.4. The molecule has 3 N–H and O–H groups in total. The predicted octanol–water partition coefficient (Wildman–Crippen LogP) is 0.146. The van der Waals surface area contributed by atoms with Crippen molar-refractivity contribution in [3.05, 3.63) is 29.8 Å². The lowest BCUT2D eigenvalue weighted by Crippen LogP contribution is -2.65. The van der Waals surface area contributed by atoms with E-state index in [0.717, 1.165) is 12.0 Å². The third-order valence-electron chi connectivity index (χ3n) is 4.88. The topological polar surface area (TPSA) is 106 Å². The second-order valence-corrected chi connectivity index (χ2v) is 6.86. The van der Waals surface area contributed by atoms with E-state index in [1.165, 1.54) is 4.90 Å². The standard InChI is InChI=1S/C19H27N5O4/c1-4-12-7-6-8-14(9-12)28-11-13(25)10-24-15-16(21-18(24)20-5-2)23(3)19(27)22-17(15)26/h6-9,13,15-16,25H,4-5,10-11H2,1-3H3,(H,20,21)(H,22,26,27). The van der Waals surface area contributed by atoms with E-state index >= 15 is 0 Å². The Morgan fingerprint density at radius 1 is 1.32 bits per heavy atom. The average Bonchev–Trinajstić information content (AvgIpc) is 3.04. The normalized spacial score (nSPS) is 24.1. The van der Waals surface area contributed by atoms with Crippen LogP contribution < -0.4 is 15.4 Å². The Hall–Kier alpha value is -2.81. The number of imide groups is 1. The number of likely N-dealkylation sites (N-methyl/N-ethyl adjacent to an activating group) is 1. The second kappa shape index (κ2) is 8.47. The molecule has 9 heteroatoms. The van der Waals surface area contributed by atoms with Crippen LogP contribution in [0.1, 0.15) is 19.4 Å². The van der Waals surface area contributed by atoms with Crippen LogP contribution in [0, 0.1) is 0 Å². The zero-order valence-electron chi connectivity index (χ0n) is 16.4. The largest absolute Gasteiger partial charge is 0.491 e. The summed E-state index contributed by atoms with van der Waals surface area (Å²) in [6.45, 7) is 4.68. The molecule has 0 saturated carbocycles. The number of hydrogen-bond acceptors (Lipinski definition) is 5. The van der Waals surface area contributed by atoms with Crippen molar-refractivity contribution in [1.29, 1.82) is 0 Å². The number of benzene rings is 1. The van der Waals surface area contributed by atoms with Gasteiger partial charge in [-0.15, -0.1) is 0 Å². The van der Waals surface area contributed by atoms with Crippen LogP contribution in [0.3, 0.4) is 0 Å². The van der Waals surface area contributed by atoms with E-state index in [0.29, 0.717) is 18.3 Å². The average molecular weight is 389 g/mol. The van der Waals surface area contributed by atoms with Gasteiger partial charge in [-0.2, -0.15) is 0 Å². The molecule has 0 spiro atoms. The summed E-state index contributed by atoms with van der Waals surface area (Å²) in [7, 11) is 1.61. The Kier molecular flexibility index (Phi) is 6.03. The number of carbonyl (C=O) groups excluding carboxylic acids is 2. The molecule has 0 radical (unpaired) electrons. The third kappa shape index (κ3) is 4.04. The van der Waals surface area contributed by atoms with Gasteiger partial charge in [-0.25, -0.2) is 4.79 Å².